The van der Waals surface area contributed by atoms with E-state index in [-0.39, 0.29) is 22.6 Å². The molecule has 2 aromatic rings. The Kier molecular flexibility index (Phi) is 4.67. The Balaban J connectivity index is 1.13. The van der Waals surface area contributed by atoms with Gasteiger partial charge in [0.25, 0.3) is 0 Å². The Morgan fingerprint density at radius 2 is 1.74 bits per heavy atom. The van der Waals surface area contributed by atoms with Gasteiger partial charge in [0.2, 0.25) is 16.0 Å². The third kappa shape index (κ3) is 4.35. The number of carbonyl (C=O) groups is 1. The molecule has 0 bridgehead atoms. The summed E-state index contributed by atoms with van der Waals surface area (Å²) in [6.07, 6.45) is 7.39. The predicted octanol–water partition coefficient (Wildman–Crippen LogP) is 2.64. The van der Waals surface area contributed by atoms with E-state index in [1.807, 2.05) is 19.3 Å². The van der Waals surface area contributed by atoms with Gasteiger partial charge >= 0.3 is 6.09 Å². The predicted molar refractivity (Wildman–Crippen MR) is 113 cm³/mol. The minimum absolute atomic E-state index is 0.0424. The van der Waals surface area contributed by atoms with E-state index in [1.165, 1.54) is 12.1 Å². The fourth-order valence-corrected chi connectivity index (χ4v) is 4.93. The highest BCUT2D eigenvalue weighted by molar-refractivity contribution is 7.89. The van der Waals surface area contributed by atoms with Gasteiger partial charge in [-0.25, -0.2) is 28.3 Å². The van der Waals surface area contributed by atoms with E-state index in [4.69, 9.17) is 9.88 Å². The maximum absolute atomic E-state index is 12.0. The number of alkyl carbamates (subject to hydrolysis) is 1. The monoisotopic (exact) mass is 443 g/mol. The largest absolute Gasteiger partial charge is 0.446 e. The van der Waals surface area contributed by atoms with Crippen molar-refractivity contribution in [1.82, 2.24) is 15.3 Å². The molecule has 0 radical (unpaired) electrons. The first-order valence-electron chi connectivity index (χ1n) is 10.4. The number of anilines is 2. The molecule has 31 heavy (non-hydrogen) atoms. The van der Waals surface area contributed by atoms with Crippen LogP contribution in [-0.2, 0) is 14.8 Å². The molecule has 1 aromatic heterocycles. The number of sulfonamides is 1. The standard InChI is InChI=1S/C21H25N5O4S/c1-21(6-7-21)26-20(27)30-18-16-8-12(9-17(16)18)13-10-23-19(24-11-13)25-14-2-4-15(5-3-14)31(22,28)29/h2-5,10-12,16-18H,6-9H2,1H3,(H,26,27)(H2,22,28,29)(H,23,24,25). The number of nitrogens with one attached hydrogen (secondary N) is 2. The third-order valence-electron chi connectivity index (χ3n) is 6.60. The van der Waals surface area contributed by atoms with Crippen molar-refractivity contribution in [2.45, 2.75) is 55.1 Å². The summed E-state index contributed by atoms with van der Waals surface area (Å²) in [6, 6.07) is 6.09. The summed E-state index contributed by atoms with van der Waals surface area (Å²) >= 11 is 0. The summed E-state index contributed by atoms with van der Waals surface area (Å²) in [5.74, 6) is 1.67. The smallest absolute Gasteiger partial charge is 0.407 e. The zero-order valence-corrected chi connectivity index (χ0v) is 17.9. The molecule has 1 aromatic carbocycles. The minimum atomic E-state index is -3.71. The fraction of sp³-hybridized carbons (Fsp3) is 0.476. The van der Waals surface area contributed by atoms with Gasteiger partial charge in [-0.15, -0.1) is 0 Å². The van der Waals surface area contributed by atoms with Crippen molar-refractivity contribution in [1.29, 1.82) is 0 Å². The van der Waals surface area contributed by atoms with Gasteiger partial charge < -0.3 is 15.4 Å². The maximum Gasteiger partial charge on any atom is 0.407 e. The van der Waals surface area contributed by atoms with Crippen LogP contribution in [0.1, 0.15) is 44.1 Å². The molecule has 0 aliphatic heterocycles. The number of hydrogen-bond donors (Lipinski definition) is 3. The minimum Gasteiger partial charge on any atom is -0.446 e. The van der Waals surface area contributed by atoms with Crippen molar-refractivity contribution in [3.63, 3.8) is 0 Å². The first-order chi connectivity index (χ1) is 14.7. The lowest BCUT2D eigenvalue weighted by molar-refractivity contribution is 0.119. The summed E-state index contributed by atoms with van der Waals surface area (Å²) in [5, 5.41) is 11.1. The van der Waals surface area contributed by atoms with Crippen LogP contribution in [0.25, 0.3) is 0 Å². The molecule has 4 N–H and O–H groups in total. The number of primary sulfonamides is 1. The molecule has 3 fully saturated rings. The number of amides is 1. The number of carbonyl (C=O) groups excluding carboxylic acids is 1. The van der Waals surface area contributed by atoms with Crippen molar-refractivity contribution in [3.8, 4) is 0 Å². The highest BCUT2D eigenvalue weighted by Crippen LogP contribution is 2.59. The lowest BCUT2D eigenvalue weighted by Gasteiger charge is -2.16. The number of nitrogens with zero attached hydrogens (tertiary/aromatic N) is 2. The second-order valence-corrected chi connectivity index (χ2v) is 10.6. The molecule has 5 rings (SSSR count). The van der Waals surface area contributed by atoms with Gasteiger partial charge in [-0.05, 0) is 68.4 Å². The molecule has 2 unspecified atom stereocenters. The summed E-state index contributed by atoms with van der Waals surface area (Å²) in [7, 11) is -3.71. The summed E-state index contributed by atoms with van der Waals surface area (Å²) in [5.41, 5.74) is 1.69. The van der Waals surface area contributed by atoms with Crippen LogP contribution in [0, 0.1) is 11.8 Å². The number of fused-ring (bicyclic) bond motifs is 1. The zero-order chi connectivity index (χ0) is 21.8. The highest BCUT2D eigenvalue weighted by Gasteiger charge is 2.59. The van der Waals surface area contributed by atoms with Gasteiger partial charge in [-0.3, -0.25) is 0 Å². The molecule has 3 aliphatic carbocycles. The van der Waals surface area contributed by atoms with Gasteiger partial charge in [-0.1, -0.05) is 0 Å². The second-order valence-electron chi connectivity index (χ2n) is 9.09. The summed E-state index contributed by atoms with van der Waals surface area (Å²) in [6.45, 7) is 2.04. The quantitative estimate of drug-likeness (QED) is 0.624. The SMILES string of the molecule is CC1(NC(=O)OC2C3CC(c4cnc(Nc5ccc(S(N)(=O)=O)cc5)nc4)CC32)CC1. The first kappa shape index (κ1) is 20.2. The molecule has 0 saturated heterocycles. The van der Waals surface area contributed by atoms with Gasteiger partial charge in [0, 0.05) is 35.5 Å². The van der Waals surface area contributed by atoms with Crippen LogP contribution in [0.5, 0.6) is 0 Å². The van der Waals surface area contributed by atoms with Gasteiger partial charge in [0.15, 0.2) is 0 Å². The molecule has 9 nitrogen and oxygen atoms in total. The molecule has 10 heteroatoms. The number of nitrogens with two attached hydrogens (primary N) is 1. The Morgan fingerprint density at radius 1 is 1.13 bits per heavy atom. The van der Waals surface area contributed by atoms with E-state index in [0.29, 0.717) is 29.4 Å². The molecule has 3 aliphatic rings. The van der Waals surface area contributed by atoms with Crippen molar-refractivity contribution >= 4 is 27.8 Å². The summed E-state index contributed by atoms with van der Waals surface area (Å²) in [4.78, 5) is 20.8. The molecule has 1 amide bonds. The molecule has 2 atom stereocenters. The van der Waals surface area contributed by atoms with Gasteiger partial charge in [-0.2, -0.15) is 0 Å². The lowest BCUT2D eigenvalue weighted by Crippen LogP contribution is -2.35. The van der Waals surface area contributed by atoms with Crippen LogP contribution >= 0.6 is 0 Å². The van der Waals surface area contributed by atoms with Crippen LogP contribution in [0.2, 0.25) is 0 Å². The molecule has 0 spiro atoms. The van der Waals surface area contributed by atoms with Crippen LogP contribution in [0.3, 0.4) is 0 Å². The lowest BCUT2D eigenvalue weighted by atomic mass is 9.96. The molecule has 1 heterocycles. The van der Waals surface area contributed by atoms with E-state index in [2.05, 4.69) is 20.6 Å². The number of hydrogen-bond acceptors (Lipinski definition) is 7. The van der Waals surface area contributed by atoms with Crippen LogP contribution in [0.4, 0.5) is 16.4 Å². The highest BCUT2D eigenvalue weighted by atomic mass is 32.2. The fourth-order valence-electron chi connectivity index (χ4n) is 4.41. The van der Waals surface area contributed by atoms with E-state index >= 15 is 0 Å². The van der Waals surface area contributed by atoms with Gasteiger partial charge in [0.05, 0.1) is 4.90 Å². The van der Waals surface area contributed by atoms with Crippen LogP contribution < -0.4 is 15.8 Å². The van der Waals surface area contributed by atoms with E-state index in [9.17, 15) is 13.2 Å². The number of ether oxygens (including phenoxy) is 1. The Labute approximate surface area is 180 Å². The van der Waals surface area contributed by atoms with Crippen molar-refractivity contribution < 1.29 is 17.9 Å². The average molecular weight is 444 g/mol. The zero-order valence-electron chi connectivity index (χ0n) is 17.1. The molecular weight excluding hydrogens is 418 g/mol. The summed E-state index contributed by atoms with van der Waals surface area (Å²) < 4.78 is 28.3. The van der Waals surface area contributed by atoms with E-state index < -0.39 is 10.0 Å². The van der Waals surface area contributed by atoms with E-state index in [1.54, 1.807) is 12.1 Å². The Morgan fingerprint density at radius 3 is 2.29 bits per heavy atom. The van der Waals surface area contributed by atoms with Gasteiger partial charge in [0.1, 0.15) is 6.10 Å². The van der Waals surface area contributed by atoms with Crippen LogP contribution in [0.15, 0.2) is 41.6 Å². The maximum atomic E-state index is 12.0. The third-order valence-corrected chi connectivity index (χ3v) is 7.52. The normalized spacial score (nSPS) is 27.8. The average Bonchev–Trinajstić information content (AvgIpc) is 3.53. The number of benzene rings is 1. The molecular formula is C21H25N5O4S. The molecule has 3 saturated carbocycles. The van der Waals surface area contributed by atoms with E-state index in [0.717, 1.165) is 31.2 Å². The number of aromatic nitrogens is 2. The number of rotatable bonds is 6. The Bertz CT molecular complexity index is 1090. The first-order valence-corrected chi connectivity index (χ1v) is 12.0. The van der Waals surface area contributed by atoms with Crippen molar-refractivity contribution in [2.24, 2.45) is 17.0 Å². The van der Waals surface area contributed by atoms with Crippen molar-refractivity contribution in [3.05, 3.63) is 42.2 Å². The Hall–Kier alpha value is -2.72. The second kappa shape index (κ2) is 7.16. The molecule has 164 valence electrons. The topological polar surface area (TPSA) is 136 Å². The van der Waals surface area contributed by atoms with Crippen molar-refractivity contribution in [2.75, 3.05) is 5.32 Å². The van der Waals surface area contributed by atoms with Crippen LogP contribution in [-0.4, -0.2) is 36.1 Å².